The van der Waals surface area contributed by atoms with Crippen LogP contribution in [-0.4, -0.2) is 81.3 Å². The van der Waals surface area contributed by atoms with E-state index < -0.39 is 39.4 Å². The van der Waals surface area contributed by atoms with Crippen LogP contribution in [0.25, 0.3) is 0 Å². The normalized spacial score (nSPS) is 15.7. The van der Waals surface area contributed by atoms with Gasteiger partial charge in [0, 0.05) is 88.1 Å². The molecule has 4 aromatic rings. The monoisotopic (exact) mass is 755 g/mol. The topological polar surface area (TPSA) is 143 Å². The number of imide groups is 1. The molecule has 2 saturated heterocycles. The highest BCUT2D eigenvalue weighted by atomic mass is 32.2. The third-order valence-corrected chi connectivity index (χ3v) is 10.2. The molecule has 1 aromatic heterocycles. The van der Waals surface area contributed by atoms with Crippen molar-refractivity contribution in [3.63, 3.8) is 0 Å². The molecule has 18 heteroatoms. The second kappa shape index (κ2) is 15.2. The fraction of sp³-hybridized carbons (Fsp3) is 0.314. The second-order valence-corrected chi connectivity index (χ2v) is 14.7. The Balaban J connectivity index is 1.05. The summed E-state index contributed by atoms with van der Waals surface area (Å²) in [6, 6.07) is 17.8. The van der Waals surface area contributed by atoms with Crippen molar-refractivity contribution in [3.8, 4) is 0 Å². The number of carbonyl (C=O) groups excluding carboxylic acids is 2. The van der Waals surface area contributed by atoms with Gasteiger partial charge in [-0.1, -0.05) is 18.2 Å². The van der Waals surface area contributed by atoms with E-state index in [1.807, 2.05) is 12.1 Å². The molecule has 3 heterocycles. The number of anilines is 6. The van der Waals surface area contributed by atoms with Crippen LogP contribution < -0.4 is 30.1 Å². The molecule has 3 amide bonds. The number of hydrogen-bond acceptors (Lipinski definition) is 10. The highest BCUT2D eigenvalue weighted by molar-refractivity contribution is 7.92. The van der Waals surface area contributed by atoms with E-state index in [9.17, 15) is 31.2 Å². The summed E-state index contributed by atoms with van der Waals surface area (Å²) in [5, 5.41) is 7.92. The Bertz CT molecular complexity index is 2090. The SMILES string of the molecule is CN(c1cccc(CNc2nc(Nc3ccc(N4CCN(Cc5ccc(N6CCC(=O)NC6=O)cc5F)CC4)cc3)ncc2C(F)(F)F)c1)S(C)(=O)=O. The Morgan fingerprint density at radius 1 is 0.943 bits per heavy atom. The number of alkyl halides is 3. The number of sulfonamides is 1. The molecule has 0 saturated carbocycles. The van der Waals surface area contributed by atoms with Crippen molar-refractivity contribution >= 4 is 56.5 Å². The predicted octanol–water partition coefficient (Wildman–Crippen LogP) is 5.15. The summed E-state index contributed by atoms with van der Waals surface area (Å²) in [5.74, 6) is -1.27. The van der Waals surface area contributed by atoms with Crippen molar-refractivity contribution in [3.05, 3.63) is 95.4 Å². The zero-order valence-electron chi connectivity index (χ0n) is 28.8. The molecule has 53 heavy (non-hydrogen) atoms. The van der Waals surface area contributed by atoms with Gasteiger partial charge in [-0.25, -0.2) is 22.6 Å². The minimum absolute atomic E-state index is 0.0537. The molecule has 0 spiro atoms. The minimum Gasteiger partial charge on any atom is -0.369 e. The summed E-state index contributed by atoms with van der Waals surface area (Å²) in [6.07, 6.45) is -2.81. The molecule has 280 valence electrons. The van der Waals surface area contributed by atoms with Gasteiger partial charge >= 0.3 is 12.2 Å². The first-order valence-corrected chi connectivity index (χ1v) is 18.4. The first kappa shape index (κ1) is 37.3. The predicted molar refractivity (Wildman–Crippen MR) is 193 cm³/mol. The lowest BCUT2D eigenvalue weighted by Crippen LogP contribution is -2.49. The van der Waals surface area contributed by atoms with Crippen LogP contribution in [0.1, 0.15) is 23.1 Å². The van der Waals surface area contributed by atoms with Crippen molar-refractivity contribution in [2.45, 2.75) is 25.7 Å². The van der Waals surface area contributed by atoms with E-state index in [0.29, 0.717) is 67.1 Å². The van der Waals surface area contributed by atoms with Crippen molar-refractivity contribution in [1.29, 1.82) is 0 Å². The largest absolute Gasteiger partial charge is 0.421 e. The lowest BCUT2D eigenvalue weighted by Gasteiger charge is -2.36. The molecule has 0 aliphatic carbocycles. The maximum atomic E-state index is 15.0. The number of amides is 3. The van der Waals surface area contributed by atoms with E-state index in [2.05, 4.69) is 35.7 Å². The van der Waals surface area contributed by atoms with Gasteiger partial charge in [0.2, 0.25) is 21.9 Å². The Morgan fingerprint density at radius 2 is 1.66 bits per heavy atom. The van der Waals surface area contributed by atoms with Gasteiger partial charge in [-0.3, -0.25) is 24.2 Å². The van der Waals surface area contributed by atoms with Crippen molar-refractivity contribution in [1.82, 2.24) is 20.2 Å². The number of carbonyl (C=O) groups is 2. The molecule has 3 N–H and O–H groups in total. The van der Waals surface area contributed by atoms with Crippen molar-refractivity contribution in [2.75, 3.05) is 70.8 Å². The Hall–Kier alpha value is -5.49. The fourth-order valence-corrected chi connectivity index (χ4v) is 6.45. The summed E-state index contributed by atoms with van der Waals surface area (Å²) in [4.78, 5) is 37.2. The minimum atomic E-state index is -4.72. The molecule has 6 rings (SSSR count). The van der Waals surface area contributed by atoms with Gasteiger partial charge in [-0.15, -0.1) is 0 Å². The Morgan fingerprint density at radius 3 is 2.32 bits per heavy atom. The van der Waals surface area contributed by atoms with Gasteiger partial charge in [0.05, 0.1) is 11.9 Å². The van der Waals surface area contributed by atoms with Crippen LogP contribution in [0.15, 0.2) is 72.9 Å². The first-order valence-electron chi connectivity index (χ1n) is 16.6. The van der Waals surface area contributed by atoms with Gasteiger partial charge in [-0.05, 0) is 54.1 Å². The number of aromatic nitrogens is 2. The quantitative estimate of drug-likeness (QED) is 0.176. The number of halogens is 4. The van der Waals surface area contributed by atoms with Crippen LogP contribution in [-0.2, 0) is 34.1 Å². The molecule has 3 aromatic carbocycles. The summed E-state index contributed by atoms with van der Waals surface area (Å²) >= 11 is 0. The number of hydrogen-bond donors (Lipinski definition) is 3. The first-order chi connectivity index (χ1) is 25.1. The molecule has 13 nitrogen and oxygen atoms in total. The number of rotatable bonds is 11. The van der Waals surface area contributed by atoms with E-state index in [1.54, 1.807) is 48.5 Å². The van der Waals surface area contributed by atoms with Crippen LogP contribution in [0.2, 0.25) is 0 Å². The summed E-state index contributed by atoms with van der Waals surface area (Å²) in [6.45, 7) is 3.23. The van der Waals surface area contributed by atoms with E-state index in [4.69, 9.17) is 0 Å². The summed E-state index contributed by atoms with van der Waals surface area (Å²) < 4.78 is 81.5. The fourth-order valence-electron chi connectivity index (χ4n) is 5.96. The lowest BCUT2D eigenvalue weighted by molar-refractivity contribution is -0.137. The maximum absolute atomic E-state index is 15.0. The highest BCUT2D eigenvalue weighted by Crippen LogP contribution is 2.35. The Labute approximate surface area is 303 Å². The van der Waals surface area contributed by atoms with Crippen LogP contribution in [0.3, 0.4) is 0 Å². The average molecular weight is 756 g/mol. The Kier molecular flexibility index (Phi) is 10.7. The highest BCUT2D eigenvalue weighted by Gasteiger charge is 2.35. The zero-order valence-corrected chi connectivity index (χ0v) is 29.6. The van der Waals surface area contributed by atoms with Crippen LogP contribution in [0.5, 0.6) is 0 Å². The van der Waals surface area contributed by atoms with Crippen molar-refractivity contribution in [2.24, 2.45) is 0 Å². The molecule has 0 bridgehead atoms. The van der Waals surface area contributed by atoms with E-state index >= 15 is 4.39 Å². The molecule has 0 unspecified atom stereocenters. The third-order valence-electron chi connectivity index (χ3n) is 8.98. The number of nitrogens with zero attached hydrogens (tertiary/aromatic N) is 6. The zero-order chi connectivity index (χ0) is 37.9. The molecule has 0 atom stereocenters. The smallest absolute Gasteiger partial charge is 0.369 e. The number of nitrogens with one attached hydrogen (secondary N) is 3. The standard InChI is InChI=1S/C35H37F4N9O4S/c1-45(53(2,51)52)27-5-3-4-23(18-27)20-40-32-29(35(37,38)39)21-41-33(44-32)42-25-7-10-26(11-8-25)47-16-14-46(15-17-47)22-24-6-9-28(19-30(24)36)48-13-12-31(49)43-34(48)50/h3-11,18-19,21H,12-17,20,22H2,1-2H3,(H,43,49,50)(H2,40,41,42,44). The molecule has 2 fully saturated rings. The molecular weight excluding hydrogens is 719 g/mol. The molecule has 2 aliphatic heterocycles. The van der Waals surface area contributed by atoms with Crippen LogP contribution >= 0.6 is 0 Å². The van der Waals surface area contributed by atoms with Gasteiger partial charge in [0.25, 0.3) is 0 Å². The van der Waals surface area contributed by atoms with E-state index in [0.717, 1.165) is 16.2 Å². The van der Waals surface area contributed by atoms with E-state index in [-0.39, 0.29) is 31.4 Å². The van der Waals surface area contributed by atoms with E-state index in [1.165, 1.54) is 18.0 Å². The maximum Gasteiger partial charge on any atom is 0.421 e. The summed E-state index contributed by atoms with van der Waals surface area (Å²) in [5.41, 5.74) is 2.24. The molecular formula is C35H37F4N9O4S. The van der Waals surface area contributed by atoms with Crippen molar-refractivity contribution < 1.29 is 35.6 Å². The number of piperazine rings is 1. The summed E-state index contributed by atoms with van der Waals surface area (Å²) in [7, 11) is -2.14. The lowest BCUT2D eigenvalue weighted by atomic mass is 10.1. The van der Waals surface area contributed by atoms with Crippen LogP contribution in [0.4, 0.5) is 56.9 Å². The van der Waals surface area contributed by atoms with Gasteiger partial charge < -0.3 is 15.5 Å². The average Bonchev–Trinajstić information content (AvgIpc) is 3.11. The molecule has 2 aliphatic rings. The van der Waals surface area contributed by atoms with Gasteiger partial charge in [-0.2, -0.15) is 18.2 Å². The second-order valence-electron chi connectivity index (χ2n) is 12.7. The molecule has 0 radical (unpaired) electrons. The number of urea groups is 1. The van der Waals surface area contributed by atoms with Gasteiger partial charge in [0.15, 0.2) is 0 Å². The van der Waals surface area contributed by atoms with Crippen LogP contribution in [0, 0.1) is 5.82 Å². The van der Waals surface area contributed by atoms with Gasteiger partial charge in [0.1, 0.15) is 17.2 Å². The third kappa shape index (κ3) is 9.12. The number of benzene rings is 3.